The number of aromatic nitrogens is 2. The predicted molar refractivity (Wildman–Crippen MR) is 71.3 cm³/mol. The van der Waals surface area contributed by atoms with Crippen LogP contribution in [0.5, 0.6) is 0 Å². The minimum absolute atomic E-state index is 0.558. The Balaban J connectivity index is 2.45. The van der Waals surface area contributed by atoms with Crippen molar-refractivity contribution in [3.8, 4) is 0 Å². The molecule has 0 spiro atoms. The van der Waals surface area contributed by atoms with Crippen molar-refractivity contribution < 1.29 is 13.3 Å². The van der Waals surface area contributed by atoms with E-state index in [2.05, 4.69) is 9.55 Å². The maximum absolute atomic E-state index is 5.46. The fraction of sp³-hybridized carbons (Fsp3) is 0.417. The molecule has 0 amide bonds. The van der Waals surface area contributed by atoms with Crippen LogP contribution < -0.4 is 0 Å². The van der Waals surface area contributed by atoms with E-state index < -0.39 is 8.80 Å². The van der Waals surface area contributed by atoms with Gasteiger partial charge in [-0.25, -0.2) is 4.98 Å². The standard InChI is InChI=1S/C12H18N2O3Si/c1-10-13-11-7-5-6-8-12(11)14(10)9-18(15-2,16-3)17-4/h5-8H,9H2,1-4H3. The molecule has 2 rings (SSSR count). The molecule has 0 unspecified atom stereocenters. The van der Waals surface area contributed by atoms with Gasteiger partial charge in [0.2, 0.25) is 0 Å². The minimum atomic E-state index is -2.65. The Kier molecular flexibility index (Phi) is 3.81. The molecule has 0 fully saturated rings. The van der Waals surface area contributed by atoms with Gasteiger partial charge in [0.25, 0.3) is 0 Å². The van der Waals surface area contributed by atoms with Gasteiger partial charge in [0.05, 0.1) is 17.2 Å². The maximum Gasteiger partial charge on any atom is 0.521 e. The fourth-order valence-electron chi connectivity index (χ4n) is 2.03. The molecule has 18 heavy (non-hydrogen) atoms. The molecule has 5 nitrogen and oxygen atoms in total. The highest BCUT2D eigenvalue weighted by Gasteiger charge is 2.39. The van der Waals surface area contributed by atoms with Gasteiger partial charge in [-0.3, -0.25) is 0 Å². The second kappa shape index (κ2) is 5.19. The van der Waals surface area contributed by atoms with Crippen LogP contribution in [-0.4, -0.2) is 39.7 Å². The fourth-order valence-corrected chi connectivity index (χ4v) is 3.71. The maximum atomic E-state index is 5.46. The molecule has 0 aliphatic heterocycles. The lowest BCUT2D eigenvalue weighted by Crippen LogP contribution is -2.47. The largest absolute Gasteiger partial charge is 0.521 e. The van der Waals surface area contributed by atoms with Gasteiger partial charge in [-0.2, -0.15) is 0 Å². The lowest BCUT2D eigenvalue weighted by Gasteiger charge is -2.25. The van der Waals surface area contributed by atoms with Crippen LogP contribution in [0, 0.1) is 6.92 Å². The van der Waals surface area contributed by atoms with Crippen LogP contribution >= 0.6 is 0 Å². The molecule has 98 valence electrons. The Hall–Kier alpha value is -1.21. The summed E-state index contributed by atoms with van der Waals surface area (Å²) in [7, 11) is 2.21. The van der Waals surface area contributed by atoms with Gasteiger partial charge in [-0.1, -0.05) is 12.1 Å². The molecule has 0 aliphatic rings. The van der Waals surface area contributed by atoms with Crippen molar-refractivity contribution in [1.82, 2.24) is 9.55 Å². The van der Waals surface area contributed by atoms with Crippen molar-refractivity contribution in [2.45, 2.75) is 13.1 Å². The lowest BCUT2D eigenvalue weighted by atomic mass is 10.3. The van der Waals surface area contributed by atoms with Gasteiger partial charge in [-0.15, -0.1) is 0 Å². The predicted octanol–water partition coefficient (Wildman–Crippen LogP) is 1.76. The number of hydrogen-bond acceptors (Lipinski definition) is 4. The van der Waals surface area contributed by atoms with Crippen LogP contribution in [0.3, 0.4) is 0 Å². The zero-order valence-corrected chi connectivity index (χ0v) is 12.1. The van der Waals surface area contributed by atoms with Crippen LogP contribution in [0.4, 0.5) is 0 Å². The van der Waals surface area contributed by atoms with Crippen molar-refractivity contribution in [2.24, 2.45) is 0 Å². The van der Waals surface area contributed by atoms with Gasteiger partial charge < -0.3 is 17.8 Å². The molecule has 0 N–H and O–H groups in total. The van der Waals surface area contributed by atoms with Gasteiger partial charge in [0.15, 0.2) is 0 Å². The molecule has 0 saturated heterocycles. The molecular weight excluding hydrogens is 248 g/mol. The van der Waals surface area contributed by atoms with Crippen molar-refractivity contribution in [2.75, 3.05) is 21.3 Å². The van der Waals surface area contributed by atoms with Crippen LogP contribution in [0.15, 0.2) is 24.3 Å². The van der Waals surface area contributed by atoms with Crippen LogP contribution in [0.2, 0.25) is 0 Å². The number of hydrogen-bond donors (Lipinski definition) is 0. The average Bonchev–Trinajstić information content (AvgIpc) is 2.72. The van der Waals surface area contributed by atoms with Gasteiger partial charge in [0, 0.05) is 21.3 Å². The summed E-state index contributed by atoms with van der Waals surface area (Å²) in [6.45, 7) is 1.97. The van der Waals surface area contributed by atoms with Crippen molar-refractivity contribution in [3.63, 3.8) is 0 Å². The van der Waals surface area contributed by atoms with E-state index in [1.807, 2.05) is 31.2 Å². The minimum Gasteiger partial charge on any atom is -0.376 e. The Bertz CT molecular complexity index is 529. The lowest BCUT2D eigenvalue weighted by molar-refractivity contribution is 0.116. The third-order valence-electron chi connectivity index (χ3n) is 3.13. The Labute approximate surface area is 108 Å². The summed E-state index contributed by atoms with van der Waals surface area (Å²) in [4.78, 5) is 4.52. The van der Waals surface area contributed by atoms with E-state index in [0.717, 1.165) is 16.9 Å². The first kappa shape index (κ1) is 13.2. The third kappa shape index (κ3) is 2.19. The first-order valence-corrected chi connectivity index (χ1v) is 7.66. The molecule has 2 aromatic rings. The number of para-hydroxylation sites is 2. The molecule has 1 heterocycles. The summed E-state index contributed by atoms with van der Waals surface area (Å²) >= 11 is 0. The summed E-state index contributed by atoms with van der Waals surface area (Å²) in [5, 5.41) is 0. The number of rotatable bonds is 5. The van der Waals surface area contributed by atoms with Crippen molar-refractivity contribution in [3.05, 3.63) is 30.1 Å². The number of benzene rings is 1. The van der Waals surface area contributed by atoms with E-state index in [4.69, 9.17) is 13.3 Å². The average molecular weight is 266 g/mol. The SMILES string of the molecule is CO[Si](Cn1c(C)nc2ccccc21)(OC)OC. The number of fused-ring (bicyclic) bond motifs is 1. The highest BCUT2D eigenvalue weighted by Crippen LogP contribution is 2.19. The van der Waals surface area contributed by atoms with E-state index in [-0.39, 0.29) is 0 Å². The second-order valence-electron chi connectivity index (χ2n) is 4.03. The molecule has 0 bridgehead atoms. The topological polar surface area (TPSA) is 45.5 Å². The van der Waals surface area contributed by atoms with E-state index >= 15 is 0 Å². The van der Waals surface area contributed by atoms with E-state index in [9.17, 15) is 0 Å². The van der Waals surface area contributed by atoms with Crippen LogP contribution in [-0.2, 0) is 19.4 Å². The third-order valence-corrected chi connectivity index (χ3v) is 5.70. The second-order valence-corrected chi connectivity index (χ2v) is 6.94. The highest BCUT2D eigenvalue weighted by molar-refractivity contribution is 6.59. The van der Waals surface area contributed by atoms with E-state index in [1.165, 1.54) is 0 Å². The molecule has 0 radical (unpaired) electrons. The summed E-state index contributed by atoms with van der Waals surface area (Å²) in [6, 6.07) is 8.01. The normalized spacial score (nSPS) is 12.2. The summed E-state index contributed by atoms with van der Waals surface area (Å²) < 4.78 is 18.5. The van der Waals surface area contributed by atoms with Gasteiger partial charge in [-0.05, 0) is 19.1 Å². The summed E-state index contributed by atoms with van der Waals surface area (Å²) in [6.07, 6.45) is 0.558. The van der Waals surface area contributed by atoms with Crippen LogP contribution in [0.25, 0.3) is 11.0 Å². The molecular formula is C12H18N2O3Si. The monoisotopic (exact) mass is 266 g/mol. The zero-order chi connectivity index (χ0) is 13.2. The summed E-state index contributed by atoms with van der Waals surface area (Å²) in [5.41, 5.74) is 2.04. The summed E-state index contributed by atoms with van der Waals surface area (Å²) in [5.74, 6) is 0.930. The van der Waals surface area contributed by atoms with Crippen LogP contribution in [0.1, 0.15) is 5.82 Å². The molecule has 0 atom stereocenters. The Morgan fingerprint density at radius 2 is 1.72 bits per heavy atom. The Morgan fingerprint density at radius 1 is 1.11 bits per heavy atom. The molecule has 1 aromatic heterocycles. The number of imidazole rings is 1. The smallest absolute Gasteiger partial charge is 0.376 e. The van der Waals surface area contributed by atoms with E-state index in [1.54, 1.807) is 21.3 Å². The first-order valence-electron chi connectivity index (χ1n) is 5.73. The number of nitrogens with zero attached hydrogens (tertiary/aromatic N) is 2. The van der Waals surface area contributed by atoms with Crippen molar-refractivity contribution in [1.29, 1.82) is 0 Å². The zero-order valence-electron chi connectivity index (χ0n) is 11.1. The van der Waals surface area contributed by atoms with E-state index in [0.29, 0.717) is 6.17 Å². The van der Waals surface area contributed by atoms with Crippen molar-refractivity contribution >= 4 is 19.8 Å². The Morgan fingerprint density at radius 3 is 2.33 bits per heavy atom. The quantitative estimate of drug-likeness (QED) is 0.774. The van der Waals surface area contributed by atoms with Gasteiger partial charge >= 0.3 is 8.80 Å². The molecule has 6 heteroatoms. The molecule has 0 aliphatic carbocycles. The van der Waals surface area contributed by atoms with Gasteiger partial charge in [0.1, 0.15) is 5.82 Å². The number of aryl methyl sites for hydroxylation is 1. The molecule has 0 saturated carbocycles. The highest BCUT2D eigenvalue weighted by atomic mass is 28.4. The first-order chi connectivity index (χ1) is 8.65. The molecule has 1 aromatic carbocycles.